The van der Waals surface area contributed by atoms with E-state index < -0.39 is 0 Å². The molecule has 0 aliphatic heterocycles. The van der Waals surface area contributed by atoms with Gasteiger partial charge in [0, 0.05) is 30.7 Å². The number of hydrogen-bond donors (Lipinski definition) is 3. The fraction of sp³-hybridized carbons (Fsp3) is 0.118. The van der Waals surface area contributed by atoms with Crippen LogP contribution < -0.4 is 0 Å². The van der Waals surface area contributed by atoms with Crippen molar-refractivity contribution in [2.75, 3.05) is 7.05 Å². The van der Waals surface area contributed by atoms with E-state index in [1.54, 1.807) is 7.05 Å². The van der Waals surface area contributed by atoms with Gasteiger partial charge in [0.1, 0.15) is 0 Å². The first-order valence-corrected chi connectivity index (χ1v) is 6.89. The Morgan fingerprint density at radius 2 is 1.91 bits per heavy atom. The highest BCUT2D eigenvalue weighted by Crippen LogP contribution is 2.29. The lowest BCUT2D eigenvalue weighted by molar-refractivity contribution is 0.0782. The molecule has 0 spiro atoms. The van der Waals surface area contributed by atoms with Gasteiger partial charge < -0.3 is 20.1 Å². The van der Waals surface area contributed by atoms with E-state index in [1.165, 1.54) is 23.1 Å². The molecule has 3 N–H and O–H groups in total. The van der Waals surface area contributed by atoms with Gasteiger partial charge in [0.15, 0.2) is 11.5 Å². The zero-order valence-corrected chi connectivity index (χ0v) is 12.1. The molecule has 0 radical (unpaired) electrons. The predicted molar refractivity (Wildman–Crippen MR) is 83.9 cm³/mol. The van der Waals surface area contributed by atoms with Crippen LogP contribution in [0.2, 0.25) is 0 Å². The molecule has 0 aliphatic carbocycles. The average Bonchev–Trinajstić information content (AvgIpc) is 2.99. The van der Waals surface area contributed by atoms with Gasteiger partial charge in [0.2, 0.25) is 0 Å². The zero-order chi connectivity index (χ0) is 15.7. The van der Waals surface area contributed by atoms with Crippen molar-refractivity contribution < 1.29 is 15.0 Å². The van der Waals surface area contributed by atoms with Crippen LogP contribution in [0.1, 0.15) is 15.9 Å². The summed E-state index contributed by atoms with van der Waals surface area (Å²) in [6.45, 7) is 0.406. The molecule has 3 aromatic rings. The standard InChI is InChI=1S/C17H16N2O3/c1-19(17(22)13-5-3-7-15(20)16(13)21)10-11-4-2-6-14-12(11)8-9-18-14/h2-9,18,20-21H,10H2,1H3. The molecule has 0 fully saturated rings. The normalized spacial score (nSPS) is 10.8. The first kappa shape index (κ1) is 14.0. The first-order valence-electron chi connectivity index (χ1n) is 6.89. The number of phenolic OH excluding ortho intramolecular Hbond substituents is 2. The fourth-order valence-electron chi connectivity index (χ4n) is 2.53. The smallest absolute Gasteiger partial charge is 0.257 e. The number of benzene rings is 2. The van der Waals surface area contributed by atoms with Crippen molar-refractivity contribution in [3.8, 4) is 11.5 Å². The Morgan fingerprint density at radius 3 is 2.73 bits per heavy atom. The monoisotopic (exact) mass is 296 g/mol. The second kappa shape index (κ2) is 5.44. The number of aromatic hydroxyl groups is 2. The number of nitrogens with zero attached hydrogens (tertiary/aromatic N) is 1. The lowest BCUT2D eigenvalue weighted by Crippen LogP contribution is -2.26. The lowest BCUT2D eigenvalue weighted by atomic mass is 10.1. The third-order valence-corrected chi connectivity index (χ3v) is 3.68. The molecule has 5 heteroatoms. The summed E-state index contributed by atoms with van der Waals surface area (Å²) in [6, 6.07) is 12.2. The van der Waals surface area contributed by atoms with Crippen molar-refractivity contribution in [2.24, 2.45) is 0 Å². The minimum atomic E-state index is -0.390. The van der Waals surface area contributed by atoms with Gasteiger partial charge in [-0.1, -0.05) is 18.2 Å². The molecule has 1 amide bonds. The molecular formula is C17H16N2O3. The number of nitrogens with one attached hydrogen (secondary N) is 1. The number of hydrogen-bond acceptors (Lipinski definition) is 3. The van der Waals surface area contributed by atoms with Crippen molar-refractivity contribution in [2.45, 2.75) is 6.54 Å². The maximum absolute atomic E-state index is 12.4. The molecule has 0 atom stereocenters. The van der Waals surface area contributed by atoms with Crippen LogP contribution in [0.5, 0.6) is 11.5 Å². The number of phenols is 2. The molecule has 5 nitrogen and oxygen atoms in total. The van der Waals surface area contributed by atoms with Crippen molar-refractivity contribution >= 4 is 16.8 Å². The van der Waals surface area contributed by atoms with Crippen molar-refractivity contribution in [3.63, 3.8) is 0 Å². The van der Waals surface area contributed by atoms with Gasteiger partial charge in [-0.25, -0.2) is 0 Å². The molecule has 0 saturated heterocycles. The van der Waals surface area contributed by atoms with E-state index in [0.717, 1.165) is 16.5 Å². The Bertz CT molecular complexity index is 839. The van der Waals surface area contributed by atoms with Gasteiger partial charge in [-0.2, -0.15) is 0 Å². The quantitative estimate of drug-likeness (QED) is 0.650. The minimum absolute atomic E-state index is 0.0868. The third kappa shape index (κ3) is 2.37. The largest absolute Gasteiger partial charge is 0.504 e. The summed E-state index contributed by atoms with van der Waals surface area (Å²) in [6.07, 6.45) is 1.86. The number of fused-ring (bicyclic) bond motifs is 1. The topological polar surface area (TPSA) is 76.6 Å². The van der Waals surface area contributed by atoms with Gasteiger partial charge in [0.25, 0.3) is 5.91 Å². The molecule has 0 saturated carbocycles. The molecule has 0 unspecified atom stereocenters. The van der Waals surface area contributed by atoms with Crippen LogP contribution in [-0.2, 0) is 6.54 Å². The Hall–Kier alpha value is -2.95. The van der Waals surface area contributed by atoms with Crippen molar-refractivity contribution in [1.29, 1.82) is 0 Å². The fourth-order valence-corrected chi connectivity index (χ4v) is 2.53. The number of H-pyrrole nitrogens is 1. The van der Waals surface area contributed by atoms with Gasteiger partial charge in [0.05, 0.1) is 5.56 Å². The summed E-state index contributed by atoms with van der Waals surface area (Å²) in [5.74, 6) is -1.04. The molecule has 0 bridgehead atoms. The summed E-state index contributed by atoms with van der Waals surface area (Å²) in [4.78, 5) is 17.1. The summed E-state index contributed by atoms with van der Waals surface area (Å²) in [7, 11) is 1.66. The van der Waals surface area contributed by atoms with E-state index in [-0.39, 0.29) is 23.0 Å². The van der Waals surface area contributed by atoms with Crippen LogP contribution in [0.3, 0.4) is 0 Å². The second-order valence-electron chi connectivity index (χ2n) is 5.19. The highest BCUT2D eigenvalue weighted by atomic mass is 16.3. The second-order valence-corrected chi connectivity index (χ2v) is 5.19. The van der Waals surface area contributed by atoms with E-state index in [1.807, 2.05) is 30.5 Å². The molecular weight excluding hydrogens is 280 g/mol. The van der Waals surface area contributed by atoms with E-state index >= 15 is 0 Å². The van der Waals surface area contributed by atoms with Crippen LogP contribution in [0.4, 0.5) is 0 Å². The number of rotatable bonds is 3. The molecule has 0 aliphatic rings. The molecule has 2 aromatic carbocycles. The number of para-hydroxylation sites is 1. The maximum atomic E-state index is 12.4. The Morgan fingerprint density at radius 1 is 1.14 bits per heavy atom. The number of carbonyl (C=O) groups excluding carboxylic acids is 1. The zero-order valence-electron chi connectivity index (χ0n) is 12.1. The average molecular weight is 296 g/mol. The van der Waals surface area contributed by atoms with E-state index in [2.05, 4.69) is 4.98 Å². The lowest BCUT2D eigenvalue weighted by Gasteiger charge is -2.18. The summed E-state index contributed by atoms with van der Waals surface area (Å²) < 4.78 is 0. The maximum Gasteiger partial charge on any atom is 0.257 e. The van der Waals surface area contributed by atoms with Crippen LogP contribution in [-0.4, -0.2) is 33.1 Å². The third-order valence-electron chi connectivity index (χ3n) is 3.68. The first-order chi connectivity index (χ1) is 10.6. The molecule has 1 aromatic heterocycles. The van der Waals surface area contributed by atoms with Crippen molar-refractivity contribution in [3.05, 3.63) is 59.8 Å². The number of amides is 1. The Kier molecular flexibility index (Phi) is 3.47. The Labute approximate surface area is 127 Å². The highest BCUT2D eigenvalue weighted by molar-refractivity contribution is 5.97. The molecule has 22 heavy (non-hydrogen) atoms. The summed E-state index contributed by atoms with van der Waals surface area (Å²) in [5, 5.41) is 20.4. The van der Waals surface area contributed by atoms with E-state index in [0.29, 0.717) is 6.54 Å². The van der Waals surface area contributed by atoms with Crippen molar-refractivity contribution in [1.82, 2.24) is 9.88 Å². The Balaban J connectivity index is 1.88. The summed E-state index contributed by atoms with van der Waals surface area (Å²) in [5.41, 5.74) is 2.11. The SMILES string of the molecule is CN(Cc1cccc2[nH]ccc12)C(=O)c1cccc(O)c1O. The number of aromatic nitrogens is 1. The van der Waals surface area contributed by atoms with Gasteiger partial charge in [-0.15, -0.1) is 0 Å². The highest BCUT2D eigenvalue weighted by Gasteiger charge is 2.18. The summed E-state index contributed by atoms with van der Waals surface area (Å²) >= 11 is 0. The number of carbonyl (C=O) groups is 1. The predicted octanol–water partition coefficient (Wildman–Crippen LogP) is 2.85. The molecule has 1 heterocycles. The minimum Gasteiger partial charge on any atom is -0.504 e. The van der Waals surface area contributed by atoms with Crippen LogP contribution in [0, 0.1) is 0 Å². The van der Waals surface area contributed by atoms with Crippen LogP contribution in [0.25, 0.3) is 10.9 Å². The molecule has 3 rings (SSSR count). The molecule has 112 valence electrons. The van der Waals surface area contributed by atoms with E-state index in [9.17, 15) is 15.0 Å². The van der Waals surface area contributed by atoms with Gasteiger partial charge in [-0.3, -0.25) is 4.79 Å². The van der Waals surface area contributed by atoms with Crippen LogP contribution in [0.15, 0.2) is 48.7 Å². The van der Waals surface area contributed by atoms with E-state index in [4.69, 9.17) is 0 Å². The number of aromatic amines is 1. The van der Waals surface area contributed by atoms with Gasteiger partial charge in [-0.05, 0) is 29.8 Å². The van der Waals surface area contributed by atoms with Crippen LogP contribution >= 0.6 is 0 Å². The van der Waals surface area contributed by atoms with Gasteiger partial charge >= 0.3 is 0 Å².